The van der Waals surface area contributed by atoms with Crippen molar-refractivity contribution in [2.24, 2.45) is 0 Å². The van der Waals surface area contributed by atoms with E-state index in [1.165, 1.54) is 12.6 Å². The second kappa shape index (κ2) is 4.06. The Hall–Kier alpha value is 0.0649. The van der Waals surface area contributed by atoms with Crippen LogP contribution in [0, 0.1) is 0 Å². The van der Waals surface area contributed by atoms with E-state index in [4.69, 9.17) is 0 Å². The lowest BCUT2D eigenvalue weighted by molar-refractivity contribution is 1.36. The Morgan fingerprint density at radius 3 is 1.60 bits per heavy atom. The van der Waals surface area contributed by atoms with Crippen molar-refractivity contribution in [1.82, 2.24) is 0 Å². The van der Waals surface area contributed by atoms with Gasteiger partial charge < -0.3 is 0 Å². The average molecular weight is 68.9 g/mol. The summed E-state index contributed by atoms with van der Waals surface area (Å²) < 4.78 is 0. The van der Waals surface area contributed by atoms with Gasteiger partial charge in [0.15, 0.2) is 0 Å². The molecule has 1 radical (unpaired) electrons. The molecule has 0 rings (SSSR count). The predicted molar refractivity (Wildman–Crippen MR) is 26.7 cm³/mol. The van der Waals surface area contributed by atoms with Gasteiger partial charge >= 0.3 is 0 Å². The lowest BCUT2D eigenvalue weighted by atomic mass is 9.73. The van der Waals surface area contributed by atoms with Gasteiger partial charge in [0.2, 0.25) is 0 Å². The largest absolute Gasteiger partial charge is 0.108 e. The molecule has 0 aliphatic carbocycles. The molecule has 0 saturated heterocycles. The van der Waals surface area contributed by atoms with Gasteiger partial charge in [0.05, 0.1) is 0 Å². The molecule has 0 aromatic carbocycles. The summed E-state index contributed by atoms with van der Waals surface area (Å²) in [5.74, 6) is 0. The Bertz CT molecular complexity index is 11.1. The first-order valence-corrected chi connectivity index (χ1v) is 2.23. The molecule has 0 aliphatic rings. The summed E-state index contributed by atoms with van der Waals surface area (Å²) in [6, 6.07) is 0. The quantitative estimate of drug-likeness (QED) is 0.431. The molecule has 0 nitrogen and oxygen atoms in total. The molecule has 5 heavy (non-hydrogen) atoms. The van der Waals surface area contributed by atoms with Crippen LogP contribution in [0.2, 0.25) is 12.6 Å². The Kier molecular flexibility index (Phi) is 4.12. The van der Waals surface area contributed by atoms with Crippen LogP contribution in [0.1, 0.15) is 13.8 Å². The van der Waals surface area contributed by atoms with Crippen molar-refractivity contribution < 1.29 is 0 Å². The first kappa shape index (κ1) is 5.06. The Balaban J connectivity index is 2.19. The highest BCUT2D eigenvalue weighted by Crippen LogP contribution is 1.77. The van der Waals surface area contributed by atoms with Gasteiger partial charge in [-0.15, -0.1) is 0 Å². The Morgan fingerprint density at radius 2 is 1.60 bits per heavy atom. The fraction of sp³-hybridized carbons (Fsp3) is 1.00. The van der Waals surface area contributed by atoms with E-state index in [0.717, 1.165) is 0 Å². The van der Waals surface area contributed by atoms with Crippen LogP contribution in [0.15, 0.2) is 0 Å². The summed E-state index contributed by atoms with van der Waals surface area (Å²) in [5, 5.41) is 0. The molecule has 0 fully saturated rings. The molecule has 0 aromatic rings. The van der Waals surface area contributed by atoms with Crippen molar-refractivity contribution in [3.8, 4) is 0 Å². The third-order valence-corrected chi connectivity index (χ3v) is 0.577. The molecule has 0 bridgehead atoms. The number of rotatable bonds is 2. The smallest absolute Gasteiger partial charge is 0.0831 e. The second-order valence-corrected chi connectivity index (χ2v) is 1.11. The molecule has 29 valence electrons. The molecule has 0 unspecified atom stereocenters. The predicted octanol–water partition coefficient (Wildman–Crippen LogP) is 1.57. The third-order valence-electron chi connectivity index (χ3n) is 0.577. The van der Waals surface area contributed by atoms with E-state index in [9.17, 15) is 0 Å². The Labute approximate surface area is 34.8 Å². The molecular weight excluding hydrogens is 58.9 g/mol. The zero-order valence-corrected chi connectivity index (χ0v) is 3.99. The Morgan fingerprint density at radius 1 is 1.20 bits per heavy atom. The fourth-order valence-electron chi connectivity index (χ4n) is 0.289. The lowest BCUT2D eigenvalue weighted by Gasteiger charge is -1.75. The summed E-state index contributed by atoms with van der Waals surface area (Å²) in [6.45, 7) is 4.31. The monoisotopic (exact) mass is 69.1 g/mol. The molecule has 0 heterocycles. The summed E-state index contributed by atoms with van der Waals surface area (Å²) >= 11 is 0. The van der Waals surface area contributed by atoms with E-state index < -0.39 is 0 Å². The van der Waals surface area contributed by atoms with Crippen LogP contribution in [0.3, 0.4) is 0 Å². The van der Waals surface area contributed by atoms with Crippen molar-refractivity contribution in [3.05, 3.63) is 0 Å². The molecule has 0 amide bonds. The zero-order valence-electron chi connectivity index (χ0n) is 3.99. The fourth-order valence-corrected chi connectivity index (χ4v) is 0.289. The highest BCUT2D eigenvalue weighted by Gasteiger charge is 1.72. The van der Waals surface area contributed by atoms with Crippen LogP contribution in [0.4, 0.5) is 0 Å². The molecule has 0 atom stereocenters. The molecular formula is C4H10B. The van der Waals surface area contributed by atoms with Crippen molar-refractivity contribution >= 4 is 7.28 Å². The van der Waals surface area contributed by atoms with Crippen LogP contribution >= 0.6 is 0 Å². The SMILES string of the molecule is CC[B]CC. The average Bonchev–Trinajstić information content (AvgIpc) is 1.41. The van der Waals surface area contributed by atoms with Crippen molar-refractivity contribution in [2.75, 3.05) is 0 Å². The summed E-state index contributed by atoms with van der Waals surface area (Å²) in [5.41, 5.74) is 0. The van der Waals surface area contributed by atoms with E-state index in [-0.39, 0.29) is 0 Å². The van der Waals surface area contributed by atoms with Crippen LogP contribution in [-0.2, 0) is 0 Å². The maximum absolute atomic E-state index is 2.25. The molecule has 0 aromatic heterocycles. The van der Waals surface area contributed by atoms with Gasteiger partial charge in [0.1, 0.15) is 7.28 Å². The number of hydrogen-bond donors (Lipinski definition) is 0. The number of hydrogen-bond acceptors (Lipinski definition) is 0. The van der Waals surface area contributed by atoms with Crippen molar-refractivity contribution in [2.45, 2.75) is 26.5 Å². The maximum atomic E-state index is 2.25. The summed E-state index contributed by atoms with van der Waals surface area (Å²) in [6.07, 6.45) is 2.44. The van der Waals surface area contributed by atoms with Gasteiger partial charge in [0, 0.05) is 0 Å². The topological polar surface area (TPSA) is 0 Å². The van der Waals surface area contributed by atoms with Crippen LogP contribution in [-0.4, -0.2) is 7.28 Å². The van der Waals surface area contributed by atoms with E-state index in [1.807, 2.05) is 0 Å². The van der Waals surface area contributed by atoms with Gasteiger partial charge in [0.25, 0.3) is 0 Å². The van der Waals surface area contributed by atoms with Crippen LogP contribution in [0.5, 0.6) is 0 Å². The first-order chi connectivity index (χ1) is 2.41. The van der Waals surface area contributed by atoms with Gasteiger partial charge in [-0.2, -0.15) is 0 Å². The summed E-state index contributed by atoms with van der Waals surface area (Å²) in [4.78, 5) is 0. The maximum Gasteiger partial charge on any atom is 0.108 e. The highest BCUT2D eigenvalue weighted by molar-refractivity contribution is 6.34. The van der Waals surface area contributed by atoms with Crippen molar-refractivity contribution in [3.63, 3.8) is 0 Å². The van der Waals surface area contributed by atoms with Crippen LogP contribution < -0.4 is 0 Å². The van der Waals surface area contributed by atoms with Gasteiger partial charge in [-0.3, -0.25) is 0 Å². The van der Waals surface area contributed by atoms with Crippen LogP contribution in [0.25, 0.3) is 0 Å². The molecule has 0 spiro atoms. The lowest BCUT2D eigenvalue weighted by Crippen LogP contribution is -1.76. The van der Waals surface area contributed by atoms with E-state index in [1.54, 1.807) is 0 Å². The second-order valence-electron chi connectivity index (χ2n) is 1.11. The standard InChI is InChI=1S/C4H10B/c1-3-5-4-2/h3-4H2,1-2H3. The third kappa shape index (κ3) is 4.06. The summed E-state index contributed by atoms with van der Waals surface area (Å²) in [7, 11) is 2.25. The molecule has 0 saturated carbocycles. The molecule has 0 N–H and O–H groups in total. The van der Waals surface area contributed by atoms with Gasteiger partial charge in [-0.05, 0) is 0 Å². The van der Waals surface area contributed by atoms with Gasteiger partial charge in [-0.25, -0.2) is 0 Å². The van der Waals surface area contributed by atoms with Gasteiger partial charge in [-0.1, -0.05) is 26.5 Å². The van der Waals surface area contributed by atoms with E-state index in [0.29, 0.717) is 0 Å². The normalized spacial score (nSPS) is 7.60. The minimum atomic E-state index is 1.22. The van der Waals surface area contributed by atoms with E-state index >= 15 is 0 Å². The van der Waals surface area contributed by atoms with Crippen molar-refractivity contribution in [1.29, 1.82) is 0 Å². The minimum absolute atomic E-state index is 1.22. The molecule has 1 heteroatoms. The molecule has 0 aliphatic heterocycles. The minimum Gasteiger partial charge on any atom is -0.0831 e. The van der Waals surface area contributed by atoms with E-state index in [2.05, 4.69) is 21.1 Å². The highest BCUT2D eigenvalue weighted by atomic mass is 13.5. The first-order valence-electron chi connectivity index (χ1n) is 2.23. The zero-order chi connectivity index (χ0) is 4.12.